The number of halogens is 1. The van der Waals surface area contributed by atoms with E-state index >= 15 is 0 Å². The normalized spacial score (nSPS) is 12.2. The maximum Gasteiger partial charge on any atom is 0.259 e. The van der Waals surface area contributed by atoms with E-state index in [4.69, 9.17) is 8.94 Å². The molecule has 0 radical (unpaired) electrons. The molecule has 0 aliphatic heterocycles. The number of nitrogens with one attached hydrogen (secondary N) is 1. The van der Waals surface area contributed by atoms with E-state index in [0.29, 0.717) is 39.5 Å². The lowest BCUT2D eigenvalue weighted by Gasteiger charge is -2.19. The van der Waals surface area contributed by atoms with E-state index in [1.165, 1.54) is 18.4 Å². The number of rotatable bonds is 5. The van der Waals surface area contributed by atoms with Gasteiger partial charge in [-0.3, -0.25) is 4.79 Å². The average Bonchev–Trinajstić information content (AvgIpc) is 3.54. The molecule has 160 valence electrons. The van der Waals surface area contributed by atoms with Gasteiger partial charge in [0.25, 0.3) is 11.6 Å². The van der Waals surface area contributed by atoms with E-state index in [2.05, 4.69) is 20.4 Å². The first-order valence-electron chi connectivity index (χ1n) is 9.85. The number of hydrogen-bond donors (Lipinski definition) is 1. The molecule has 1 aromatic carbocycles. The molecule has 9 heteroatoms. The van der Waals surface area contributed by atoms with Crippen LogP contribution >= 0.6 is 0 Å². The molecule has 8 nitrogen and oxygen atoms in total. The van der Waals surface area contributed by atoms with E-state index in [0.717, 1.165) is 0 Å². The minimum atomic E-state index is -0.612. The highest BCUT2D eigenvalue weighted by Crippen LogP contribution is 2.28. The number of hydrogen-bond acceptors (Lipinski definition) is 6. The van der Waals surface area contributed by atoms with Crippen LogP contribution < -0.4 is 5.32 Å². The van der Waals surface area contributed by atoms with Crippen molar-refractivity contribution in [2.24, 2.45) is 7.05 Å². The quantitative estimate of drug-likeness (QED) is 0.448. The zero-order valence-corrected chi connectivity index (χ0v) is 17.2. The highest BCUT2D eigenvalue weighted by molar-refractivity contribution is 6.07. The summed E-state index contributed by atoms with van der Waals surface area (Å²) >= 11 is 0. The summed E-state index contributed by atoms with van der Waals surface area (Å²) in [6, 6.07) is 10.4. The van der Waals surface area contributed by atoms with Crippen LogP contribution in [-0.2, 0) is 7.05 Å². The summed E-state index contributed by atoms with van der Waals surface area (Å²) in [5, 5.41) is 7.50. The van der Waals surface area contributed by atoms with Gasteiger partial charge in [-0.15, -0.1) is 0 Å². The summed E-state index contributed by atoms with van der Waals surface area (Å²) in [6.07, 6.45) is 4.95. The monoisotopic (exact) mass is 431 g/mol. The molecular weight excluding hydrogens is 413 g/mol. The third kappa shape index (κ3) is 3.43. The van der Waals surface area contributed by atoms with E-state index < -0.39 is 6.04 Å². The van der Waals surface area contributed by atoms with Crippen LogP contribution in [0.3, 0.4) is 0 Å². The van der Waals surface area contributed by atoms with Crippen LogP contribution in [-0.4, -0.2) is 25.6 Å². The van der Waals surface area contributed by atoms with Crippen molar-refractivity contribution in [1.29, 1.82) is 0 Å². The Bertz CT molecular complexity index is 1400. The second-order valence-electron chi connectivity index (χ2n) is 7.33. The number of carbonyl (C=O) groups excluding carboxylic acids is 1. The number of pyridine rings is 1. The molecule has 0 saturated carbocycles. The number of fused-ring (bicyclic) bond motifs is 1. The van der Waals surface area contributed by atoms with Crippen LogP contribution in [0.2, 0.25) is 0 Å². The van der Waals surface area contributed by atoms with Gasteiger partial charge >= 0.3 is 0 Å². The third-order valence-electron chi connectivity index (χ3n) is 5.23. The number of nitrogens with zero attached hydrogens (tertiary/aromatic N) is 4. The Balaban J connectivity index is 1.60. The molecule has 32 heavy (non-hydrogen) atoms. The zero-order valence-electron chi connectivity index (χ0n) is 17.2. The number of imidazole rings is 1. The lowest BCUT2D eigenvalue weighted by molar-refractivity contribution is 0.0942. The Morgan fingerprint density at radius 2 is 2.03 bits per heavy atom. The predicted octanol–water partition coefficient (Wildman–Crippen LogP) is 4.18. The molecule has 0 aliphatic rings. The maximum atomic E-state index is 13.5. The molecule has 0 fully saturated rings. The summed E-state index contributed by atoms with van der Waals surface area (Å²) in [5.41, 5.74) is 2.24. The Morgan fingerprint density at radius 3 is 2.72 bits per heavy atom. The fourth-order valence-corrected chi connectivity index (χ4v) is 3.64. The van der Waals surface area contributed by atoms with Gasteiger partial charge in [0.05, 0.1) is 22.9 Å². The molecule has 4 heterocycles. The van der Waals surface area contributed by atoms with Crippen molar-refractivity contribution in [2.75, 3.05) is 0 Å². The van der Waals surface area contributed by atoms with Crippen LogP contribution in [0, 0.1) is 12.7 Å². The number of furan rings is 1. The van der Waals surface area contributed by atoms with Crippen molar-refractivity contribution in [3.05, 3.63) is 89.6 Å². The molecule has 0 saturated heterocycles. The number of aromatic nitrogens is 4. The van der Waals surface area contributed by atoms with E-state index in [1.54, 1.807) is 54.2 Å². The summed E-state index contributed by atoms with van der Waals surface area (Å²) in [5.74, 6) is 0.351. The van der Waals surface area contributed by atoms with Gasteiger partial charge < -0.3 is 18.8 Å². The second-order valence-corrected chi connectivity index (χ2v) is 7.33. The smallest absolute Gasteiger partial charge is 0.259 e. The molecule has 1 amide bonds. The molecule has 0 spiro atoms. The highest BCUT2D eigenvalue weighted by Gasteiger charge is 2.25. The van der Waals surface area contributed by atoms with Gasteiger partial charge in [0, 0.05) is 19.4 Å². The Labute approximate surface area is 181 Å². The Hall–Kier alpha value is -4.27. The fourth-order valence-electron chi connectivity index (χ4n) is 3.64. The summed E-state index contributed by atoms with van der Waals surface area (Å²) in [4.78, 5) is 22.4. The van der Waals surface area contributed by atoms with Crippen molar-refractivity contribution in [1.82, 2.24) is 25.0 Å². The van der Waals surface area contributed by atoms with Gasteiger partial charge in [-0.2, -0.15) is 0 Å². The summed E-state index contributed by atoms with van der Waals surface area (Å²) in [6.45, 7) is 1.74. The highest BCUT2D eigenvalue weighted by atomic mass is 19.1. The zero-order chi connectivity index (χ0) is 22.2. The molecule has 1 atom stereocenters. The average molecular weight is 431 g/mol. The van der Waals surface area contributed by atoms with Gasteiger partial charge in [-0.1, -0.05) is 17.3 Å². The molecule has 4 aromatic heterocycles. The van der Waals surface area contributed by atoms with Crippen LogP contribution in [0.25, 0.3) is 22.6 Å². The number of benzene rings is 1. The van der Waals surface area contributed by atoms with Gasteiger partial charge in [-0.25, -0.2) is 14.4 Å². The molecule has 1 unspecified atom stereocenters. The third-order valence-corrected chi connectivity index (χ3v) is 5.23. The SMILES string of the molecule is Cc1noc2nc(-c3ccco3)cc(C(=O)NC(c3ccc(F)cc3)c3nccn3C)c12. The van der Waals surface area contributed by atoms with E-state index in [-0.39, 0.29) is 17.4 Å². The molecule has 5 aromatic rings. The first-order valence-corrected chi connectivity index (χ1v) is 9.85. The van der Waals surface area contributed by atoms with Crippen molar-refractivity contribution in [2.45, 2.75) is 13.0 Å². The number of carbonyl (C=O) groups is 1. The molecule has 5 rings (SSSR count). The largest absolute Gasteiger partial charge is 0.463 e. The van der Waals surface area contributed by atoms with Crippen molar-refractivity contribution in [3.63, 3.8) is 0 Å². The maximum absolute atomic E-state index is 13.5. The topological polar surface area (TPSA) is 99.0 Å². The predicted molar refractivity (Wildman–Crippen MR) is 113 cm³/mol. The van der Waals surface area contributed by atoms with Crippen molar-refractivity contribution >= 4 is 17.0 Å². The Morgan fingerprint density at radius 1 is 1.22 bits per heavy atom. The van der Waals surface area contributed by atoms with Crippen molar-refractivity contribution in [3.8, 4) is 11.5 Å². The minimum Gasteiger partial charge on any atom is -0.463 e. The number of aryl methyl sites for hydroxylation is 2. The van der Waals surface area contributed by atoms with Gasteiger partial charge in [-0.05, 0) is 42.8 Å². The Kier molecular flexibility index (Phi) is 4.78. The minimum absolute atomic E-state index is 0.233. The van der Waals surface area contributed by atoms with Crippen LogP contribution in [0.15, 0.2) is 70.1 Å². The molecular formula is C23H18FN5O3. The van der Waals surface area contributed by atoms with E-state index in [1.807, 2.05) is 7.05 Å². The van der Waals surface area contributed by atoms with Gasteiger partial charge in [0.1, 0.15) is 23.4 Å². The summed E-state index contributed by atoms with van der Waals surface area (Å²) < 4.78 is 26.1. The molecule has 0 bridgehead atoms. The van der Waals surface area contributed by atoms with Crippen LogP contribution in [0.1, 0.15) is 33.5 Å². The first-order chi connectivity index (χ1) is 15.5. The lowest BCUT2D eigenvalue weighted by atomic mass is 10.0. The van der Waals surface area contributed by atoms with Crippen molar-refractivity contribution < 1.29 is 18.1 Å². The van der Waals surface area contributed by atoms with Crippen LogP contribution in [0.5, 0.6) is 0 Å². The molecule has 0 aliphatic carbocycles. The second kappa shape index (κ2) is 7.77. The summed E-state index contributed by atoms with van der Waals surface area (Å²) in [7, 11) is 1.83. The van der Waals surface area contributed by atoms with Crippen LogP contribution in [0.4, 0.5) is 4.39 Å². The van der Waals surface area contributed by atoms with Gasteiger partial charge in [0.15, 0.2) is 5.76 Å². The number of amides is 1. The van der Waals surface area contributed by atoms with Gasteiger partial charge in [0.2, 0.25) is 0 Å². The molecule has 1 N–H and O–H groups in total. The van der Waals surface area contributed by atoms with E-state index in [9.17, 15) is 9.18 Å². The standard InChI is InChI=1S/C23H18FN5O3/c1-13-19-16(12-17(18-4-3-11-31-18)26-23(19)32-28-13)22(30)27-20(21-25-9-10-29(21)2)14-5-7-15(24)8-6-14/h3-12,20H,1-2H3,(H,27,30). The lowest BCUT2D eigenvalue weighted by Crippen LogP contribution is -2.31. The fraction of sp³-hybridized carbons (Fsp3) is 0.130. The first kappa shape index (κ1) is 19.7.